The molecular weight excluding hydrogens is 376 g/mol. The summed E-state index contributed by atoms with van der Waals surface area (Å²) in [5, 5.41) is 3.77. The third-order valence-corrected chi connectivity index (χ3v) is 4.81. The molecule has 1 aromatic heterocycles. The topological polar surface area (TPSA) is 85.4 Å². The number of carbonyl (C=O) groups excluding carboxylic acids is 1. The number of rotatable bonds is 7. The highest BCUT2D eigenvalue weighted by Crippen LogP contribution is 2.19. The second-order valence-corrected chi connectivity index (χ2v) is 8.51. The molecule has 0 radical (unpaired) electrons. The number of carbonyl (C=O) groups is 1. The van der Waals surface area contributed by atoms with Gasteiger partial charge in [-0.25, -0.2) is 8.42 Å². The molecule has 1 amide bonds. The van der Waals surface area contributed by atoms with Gasteiger partial charge in [0.05, 0.1) is 11.3 Å². The summed E-state index contributed by atoms with van der Waals surface area (Å²) >= 11 is 0. The summed E-state index contributed by atoms with van der Waals surface area (Å²) in [6.07, 6.45) is 6.04. The number of hydrogen-bond acceptors (Lipinski definition) is 5. The lowest BCUT2D eigenvalue weighted by Gasteiger charge is -2.08. The molecule has 0 bridgehead atoms. The molecule has 0 aliphatic carbocycles. The third kappa shape index (κ3) is 5.65. The van der Waals surface area contributed by atoms with Gasteiger partial charge < -0.3 is 10.1 Å². The van der Waals surface area contributed by atoms with Gasteiger partial charge in [0.2, 0.25) is 5.91 Å². The van der Waals surface area contributed by atoms with Crippen LogP contribution in [0.3, 0.4) is 0 Å². The average Bonchev–Trinajstić information content (AvgIpc) is 2.65. The zero-order valence-corrected chi connectivity index (χ0v) is 16.1. The van der Waals surface area contributed by atoms with Gasteiger partial charge in [0.1, 0.15) is 12.4 Å². The summed E-state index contributed by atoms with van der Waals surface area (Å²) in [5.74, 6) is 0.135. The minimum atomic E-state index is -3.08. The summed E-state index contributed by atoms with van der Waals surface area (Å²) in [6.45, 7) is 0.0597. The minimum absolute atomic E-state index is 0.0597. The molecule has 7 heteroatoms. The highest BCUT2D eigenvalue weighted by atomic mass is 32.2. The van der Waals surface area contributed by atoms with Crippen molar-refractivity contribution in [1.82, 2.24) is 4.98 Å². The SMILES string of the molecule is CS(=O)(=O)CCOc1cccc(NC(=O)/C=C/c2cccc3cccnc23)c1. The average molecular weight is 396 g/mol. The van der Waals surface area contributed by atoms with Crippen molar-refractivity contribution < 1.29 is 17.9 Å². The Labute approximate surface area is 163 Å². The molecule has 2 aromatic carbocycles. The summed E-state index contributed by atoms with van der Waals surface area (Å²) in [4.78, 5) is 16.6. The van der Waals surface area contributed by atoms with E-state index < -0.39 is 9.84 Å². The highest BCUT2D eigenvalue weighted by Gasteiger charge is 2.05. The normalized spacial score (nSPS) is 11.6. The van der Waals surface area contributed by atoms with E-state index >= 15 is 0 Å². The molecule has 0 aliphatic heterocycles. The first-order chi connectivity index (χ1) is 13.4. The van der Waals surface area contributed by atoms with E-state index in [0.29, 0.717) is 11.4 Å². The number of amides is 1. The number of pyridine rings is 1. The monoisotopic (exact) mass is 396 g/mol. The quantitative estimate of drug-likeness (QED) is 0.619. The number of nitrogens with zero attached hydrogens (tertiary/aromatic N) is 1. The Morgan fingerprint density at radius 2 is 1.93 bits per heavy atom. The van der Waals surface area contributed by atoms with E-state index in [4.69, 9.17) is 4.74 Å². The molecular formula is C21H20N2O4S. The van der Waals surface area contributed by atoms with Gasteiger partial charge >= 0.3 is 0 Å². The summed E-state index contributed by atoms with van der Waals surface area (Å²) in [5.41, 5.74) is 2.24. The number of ether oxygens (including phenoxy) is 1. The fraction of sp³-hybridized carbons (Fsp3) is 0.143. The summed E-state index contributed by atoms with van der Waals surface area (Å²) in [6, 6.07) is 16.4. The first-order valence-corrected chi connectivity index (χ1v) is 10.7. The Bertz CT molecular complexity index is 1120. The van der Waals surface area contributed by atoms with Crippen molar-refractivity contribution in [1.29, 1.82) is 0 Å². The number of aromatic nitrogens is 1. The lowest BCUT2D eigenvalue weighted by atomic mass is 10.1. The van der Waals surface area contributed by atoms with Crippen LogP contribution in [0.1, 0.15) is 5.56 Å². The molecule has 3 rings (SSSR count). The van der Waals surface area contributed by atoms with Gasteiger partial charge in [-0.15, -0.1) is 0 Å². The van der Waals surface area contributed by atoms with Crippen LogP contribution in [0.15, 0.2) is 66.9 Å². The number of hydrogen-bond donors (Lipinski definition) is 1. The zero-order chi connectivity index (χ0) is 20.0. The van der Waals surface area contributed by atoms with E-state index in [1.165, 1.54) is 6.08 Å². The Kier molecular flexibility index (Phi) is 6.06. The number of para-hydroxylation sites is 1. The van der Waals surface area contributed by atoms with Crippen LogP contribution in [-0.2, 0) is 14.6 Å². The maximum absolute atomic E-state index is 12.2. The predicted octanol–water partition coefficient (Wildman–Crippen LogP) is 3.31. The molecule has 6 nitrogen and oxygen atoms in total. The van der Waals surface area contributed by atoms with Crippen molar-refractivity contribution in [3.8, 4) is 5.75 Å². The molecule has 144 valence electrons. The maximum Gasteiger partial charge on any atom is 0.248 e. The number of sulfone groups is 1. The van der Waals surface area contributed by atoms with E-state index in [2.05, 4.69) is 10.3 Å². The maximum atomic E-state index is 12.2. The van der Waals surface area contributed by atoms with Crippen LogP contribution in [-0.4, -0.2) is 37.9 Å². The molecule has 1 heterocycles. The number of nitrogens with one attached hydrogen (secondary N) is 1. The zero-order valence-electron chi connectivity index (χ0n) is 15.3. The van der Waals surface area contributed by atoms with Crippen molar-refractivity contribution >= 4 is 38.4 Å². The second-order valence-electron chi connectivity index (χ2n) is 6.25. The number of fused-ring (bicyclic) bond motifs is 1. The molecule has 0 fully saturated rings. The molecule has 0 unspecified atom stereocenters. The second kappa shape index (κ2) is 8.67. The van der Waals surface area contributed by atoms with E-state index in [1.807, 2.05) is 30.3 Å². The van der Waals surface area contributed by atoms with Crippen LogP contribution in [0.4, 0.5) is 5.69 Å². The minimum Gasteiger partial charge on any atom is -0.492 e. The molecule has 3 aromatic rings. The van der Waals surface area contributed by atoms with Gasteiger partial charge in [-0.1, -0.05) is 30.3 Å². The van der Waals surface area contributed by atoms with Crippen molar-refractivity contribution in [3.05, 3.63) is 72.4 Å². The molecule has 1 N–H and O–H groups in total. The van der Waals surface area contributed by atoms with Crippen LogP contribution in [0, 0.1) is 0 Å². The van der Waals surface area contributed by atoms with E-state index in [1.54, 1.807) is 36.5 Å². The fourth-order valence-corrected chi connectivity index (χ4v) is 2.97. The highest BCUT2D eigenvalue weighted by molar-refractivity contribution is 7.90. The molecule has 0 atom stereocenters. The molecule has 0 saturated heterocycles. The molecule has 0 saturated carbocycles. The van der Waals surface area contributed by atoms with Crippen molar-refractivity contribution in [2.75, 3.05) is 23.9 Å². The van der Waals surface area contributed by atoms with Crippen LogP contribution in [0.5, 0.6) is 5.75 Å². The Balaban J connectivity index is 1.64. The number of benzene rings is 2. The van der Waals surface area contributed by atoms with Crippen LogP contribution >= 0.6 is 0 Å². The fourth-order valence-electron chi connectivity index (χ4n) is 2.59. The lowest BCUT2D eigenvalue weighted by molar-refractivity contribution is -0.111. The number of anilines is 1. The van der Waals surface area contributed by atoms with Gasteiger partial charge in [-0.05, 0) is 24.3 Å². The summed E-state index contributed by atoms with van der Waals surface area (Å²) < 4.78 is 27.7. The third-order valence-electron chi connectivity index (χ3n) is 3.90. The predicted molar refractivity (Wildman–Crippen MR) is 111 cm³/mol. The Morgan fingerprint density at radius 3 is 2.75 bits per heavy atom. The van der Waals surface area contributed by atoms with E-state index in [0.717, 1.165) is 22.7 Å². The summed E-state index contributed by atoms with van der Waals surface area (Å²) in [7, 11) is -3.08. The van der Waals surface area contributed by atoms with Gasteiger partial charge in [0, 0.05) is 41.2 Å². The lowest BCUT2D eigenvalue weighted by Crippen LogP contribution is -2.12. The van der Waals surface area contributed by atoms with Crippen LogP contribution in [0.2, 0.25) is 0 Å². The molecule has 28 heavy (non-hydrogen) atoms. The van der Waals surface area contributed by atoms with Crippen molar-refractivity contribution in [2.24, 2.45) is 0 Å². The van der Waals surface area contributed by atoms with Crippen molar-refractivity contribution in [3.63, 3.8) is 0 Å². The largest absolute Gasteiger partial charge is 0.492 e. The Morgan fingerprint density at radius 1 is 1.14 bits per heavy atom. The van der Waals surface area contributed by atoms with Gasteiger partial charge in [0.25, 0.3) is 0 Å². The van der Waals surface area contributed by atoms with Crippen LogP contribution < -0.4 is 10.1 Å². The molecule has 0 aliphatic rings. The van der Waals surface area contributed by atoms with Gasteiger partial charge in [-0.2, -0.15) is 0 Å². The van der Waals surface area contributed by atoms with Gasteiger partial charge in [-0.3, -0.25) is 9.78 Å². The van der Waals surface area contributed by atoms with E-state index in [9.17, 15) is 13.2 Å². The standard InChI is InChI=1S/C21H20N2O4S/c1-28(25,26)14-13-27-19-9-3-8-18(15-19)23-20(24)11-10-17-6-2-5-16-7-4-12-22-21(16)17/h2-12,15H,13-14H2,1H3,(H,23,24)/b11-10+. The van der Waals surface area contributed by atoms with Crippen molar-refractivity contribution in [2.45, 2.75) is 0 Å². The molecule has 0 spiro atoms. The van der Waals surface area contributed by atoms with E-state index in [-0.39, 0.29) is 18.3 Å². The Hall–Kier alpha value is -3.19. The smallest absolute Gasteiger partial charge is 0.248 e. The van der Waals surface area contributed by atoms with Gasteiger partial charge in [0.15, 0.2) is 9.84 Å². The van der Waals surface area contributed by atoms with Crippen LogP contribution in [0.25, 0.3) is 17.0 Å². The first kappa shape index (κ1) is 19.6. The first-order valence-electron chi connectivity index (χ1n) is 8.64.